The van der Waals surface area contributed by atoms with Crippen molar-refractivity contribution in [1.29, 1.82) is 0 Å². The Kier molecular flexibility index (Phi) is 7.18. The van der Waals surface area contributed by atoms with Crippen molar-refractivity contribution < 1.29 is 18.5 Å². The van der Waals surface area contributed by atoms with Crippen LogP contribution in [0.2, 0.25) is 5.02 Å². The molecule has 0 fully saturated rings. The second kappa shape index (κ2) is 9.63. The zero-order chi connectivity index (χ0) is 21.0. The Labute approximate surface area is 179 Å². The van der Waals surface area contributed by atoms with Crippen molar-refractivity contribution in [1.82, 2.24) is 4.98 Å². The highest BCUT2D eigenvalue weighted by Crippen LogP contribution is 2.33. The molecule has 29 heavy (non-hydrogen) atoms. The summed E-state index contributed by atoms with van der Waals surface area (Å²) in [5.41, 5.74) is 1.24. The third kappa shape index (κ3) is 5.30. The number of ketones is 2. The summed E-state index contributed by atoms with van der Waals surface area (Å²) in [6.07, 6.45) is 0.452. The van der Waals surface area contributed by atoms with Crippen LogP contribution in [0.4, 0.5) is 4.39 Å². The zero-order valence-electron chi connectivity index (χ0n) is 15.5. The van der Waals surface area contributed by atoms with Crippen molar-refractivity contribution in [3.63, 3.8) is 0 Å². The number of benzene rings is 2. The van der Waals surface area contributed by atoms with Crippen molar-refractivity contribution >= 4 is 45.7 Å². The Balaban J connectivity index is 1.89. The molecule has 3 aromatic rings. The van der Waals surface area contributed by atoms with E-state index in [4.69, 9.17) is 11.6 Å². The molecular formula is C21H17ClFNO3S2. The van der Waals surface area contributed by atoms with Crippen LogP contribution in [0.25, 0.3) is 10.6 Å². The van der Waals surface area contributed by atoms with Crippen LogP contribution in [0.15, 0.2) is 52.7 Å². The molecule has 0 saturated carbocycles. The van der Waals surface area contributed by atoms with Gasteiger partial charge in [-0.15, -0.1) is 0 Å². The molecule has 1 unspecified atom stereocenters. The standard InChI is InChI=1S/C21H17ClFNO3S2/c1-2-11-29(27)21-17(24-20(28-21)14-3-7-15(22)8-4-14)12-18(25)19(26)13-5-9-16(23)10-6-13/h3-10H,2,11-12H2,1H3. The molecule has 4 nitrogen and oxygen atoms in total. The maximum atomic E-state index is 13.1. The summed E-state index contributed by atoms with van der Waals surface area (Å²) in [4.78, 5) is 29.4. The van der Waals surface area contributed by atoms with Gasteiger partial charge in [0.2, 0.25) is 15.8 Å². The third-order valence-corrected chi connectivity index (χ3v) is 7.47. The van der Waals surface area contributed by atoms with E-state index < -0.39 is 28.6 Å². The van der Waals surface area contributed by atoms with Crippen LogP contribution >= 0.6 is 22.9 Å². The number of rotatable bonds is 8. The van der Waals surface area contributed by atoms with Gasteiger partial charge in [0.15, 0.2) is 0 Å². The van der Waals surface area contributed by atoms with E-state index in [0.717, 1.165) is 17.7 Å². The van der Waals surface area contributed by atoms with Gasteiger partial charge in [0.05, 0.1) is 6.42 Å². The fraction of sp³-hybridized carbons (Fsp3) is 0.190. The lowest BCUT2D eigenvalue weighted by Gasteiger charge is -2.08. The van der Waals surface area contributed by atoms with Crippen LogP contribution in [-0.2, 0) is 22.4 Å². The van der Waals surface area contributed by atoms with E-state index in [9.17, 15) is 18.5 Å². The summed E-state index contributed by atoms with van der Waals surface area (Å²) in [5, 5.41) is 1.19. The van der Waals surface area contributed by atoms with E-state index in [1.807, 2.05) is 6.92 Å². The number of Topliss-reactive ketones (excluding diaryl/α,β-unsaturated/α-hetero) is 2. The van der Waals surface area contributed by atoms with E-state index in [0.29, 0.717) is 32.1 Å². The fourth-order valence-electron chi connectivity index (χ4n) is 2.62. The fourth-order valence-corrected chi connectivity index (χ4v) is 5.36. The number of hydrogen-bond acceptors (Lipinski definition) is 5. The first-order chi connectivity index (χ1) is 13.9. The first-order valence-electron chi connectivity index (χ1n) is 8.86. The number of hydrogen-bond donors (Lipinski definition) is 0. The molecule has 0 spiro atoms. The van der Waals surface area contributed by atoms with Gasteiger partial charge in [0, 0.05) is 16.1 Å². The number of carbonyl (C=O) groups excluding carboxylic acids is 2. The van der Waals surface area contributed by atoms with Crippen molar-refractivity contribution in [2.75, 3.05) is 5.75 Å². The van der Waals surface area contributed by atoms with Gasteiger partial charge in [0.1, 0.15) is 22.3 Å². The first-order valence-corrected chi connectivity index (χ1v) is 11.4. The predicted octanol–water partition coefficient (Wildman–Crippen LogP) is 5.11. The van der Waals surface area contributed by atoms with Gasteiger partial charge in [-0.1, -0.05) is 42.0 Å². The minimum absolute atomic E-state index is 0.112. The third-order valence-electron chi connectivity index (χ3n) is 4.04. The van der Waals surface area contributed by atoms with Gasteiger partial charge in [0.25, 0.3) is 0 Å². The molecule has 0 aliphatic carbocycles. The molecule has 0 aliphatic heterocycles. The lowest BCUT2D eigenvalue weighted by molar-refractivity contribution is -0.114. The van der Waals surface area contributed by atoms with E-state index in [-0.39, 0.29) is 12.0 Å². The van der Waals surface area contributed by atoms with Crippen molar-refractivity contribution in [2.45, 2.75) is 24.0 Å². The number of aromatic nitrogens is 1. The number of halogens is 2. The van der Waals surface area contributed by atoms with E-state index in [1.165, 1.54) is 23.5 Å². The highest BCUT2D eigenvalue weighted by molar-refractivity contribution is 7.93. The Morgan fingerprint density at radius 1 is 1.14 bits per heavy atom. The van der Waals surface area contributed by atoms with Gasteiger partial charge < -0.3 is 4.55 Å². The van der Waals surface area contributed by atoms with Gasteiger partial charge in [-0.2, -0.15) is 0 Å². The number of nitrogens with zero attached hydrogens (tertiary/aromatic N) is 1. The average Bonchev–Trinajstić information content (AvgIpc) is 3.12. The average molecular weight is 450 g/mol. The molecule has 8 heteroatoms. The summed E-state index contributed by atoms with van der Waals surface area (Å²) in [6, 6.07) is 11.8. The smallest absolute Gasteiger partial charge is 0.230 e. The van der Waals surface area contributed by atoms with Crippen molar-refractivity contribution in [3.8, 4) is 10.6 Å². The first kappa shape index (κ1) is 21.6. The topological polar surface area (TPSA) is 70.1 Å². The highest BCUT2D eigenvalue weighted by Gasteiger charge is 2.27. The largest absolute Gasteiger partial charge is 0.611 e. The summed E-state index contributed by atoms with van der Waals surface area (Å²) in [6.45, 7) is 1.92. The molecule has 3 rings (SSSR count). The minimum Gasteiger partial charge on any atom is -0.611 e. The van der Waals surface area contributed by atoms with Crippen LogP contribution in [0, 0.1) is 5.82 Å². The molecule has 0 saturated heterocycles. The van der Waals surface area contributed by atoms with E-state index >= 15 is 0 Å². The Morgan fingerprint density at radius 3 is 2.41 bits per heavy atom. The Bertz CT molecular complexity index is 1020. The van der Waals surface area contributed by atoms with Crippen LogP contribution < -0.4 is 0 Å². The molecule has 0 amide bonds. The lowest BCUT2D eigenvalue weighted by Crippen LogP contribution is -2.18. The normalized spacial score (nSPS) is 12.0. The molecular weight excluding hydrogens is 433 g/mol. The second-order valence-electron chi connectivity index (χ2n) is 6.25. The van der Waals surface area contributed by atoms with Gasteiger partial charge in [-0.05, 0) is 54.0 Å². The maximum Gasteiger partial charge on any atom is 0.230 e. The summed E-state index contributed by atoms with van der Waals surface area (Å²) < 4.78 is 26.2. The molecule has 150 valence electrons. The molecule has 0 radical (unpaired) electrons. The molecule has 0 N–H and O–H groups in total. The quantitative estimate of drug-likeness (QED) is 0.272. The van der Waals surface area contributed by atoms with Crippen LogP contribution in [0.3, 0.4) is 0 Å². The molecule has 1 heterocycles. The predicted molar refractivity (Wildman–Crippen MR) is 114 cm³/mol. The second-order valence-corrected chi connectivity index (χ2v) is 9.45. The van der Waals surface area contributed by atoms with Crippen LogP contribution in [0.1, 0.15) is 29.4 Å². The maximum absolute atomic E-state index is 13.1. The number of carbonyl (C=O) groups is 2. The molecule has 2 aromatic carbocycles. The summed E-state index contributed by atoms with van der Waals surface area (Å²) >= 11 is 5.87. The number of thiazole rings is 1. The van der Waals surface area contributed by atoms with Crippen LogP contribution in [0.5, 0.6) is 0 Å². The Hall–Kier alpha value is -2.06. The lowest BCUT2D eigenvalue weighted by atomic mass is 10.0. The monoisotopic (exact) mass is 449 g/mol. The Morgan fingerprint density at radius 2 is 1.79 bits per heavy atom. The van der Waals surface area contributed by atoms with Crippen LogP contribution in [-0.4, -0.2) is 26.9 Å². The summed E-state index contributed by atoms with van der Waals surface area (Å²) in [7, 11) is 0. The van der Waals surface area contributed by atoms with E-state index in [2.05, 4.69) is 4.98 Å². The van der Waals surface area contributed by atoms with Gasteiger partial charge in [-0.25, -0.2) is 9.37 Å². The van der Waals surface area contributed by atoms with Gasteiger partial charge >= 0.3 is 0 Å². The minimum atomic E-state index is -1.31. The van der Waals surface area contributed by atoms with E-state index in [1.54, 1.807) is 24.3 Å². The molecule has 1 aromatic heterocycles. The summed E-state index contributed by atoms with van der Waals surface area (Å²) in [5.74, 6) is -1.45. The zero-order valence-corrected chi connectivity index (χ0v) is 17.9. The SMILES string of the molecule is CCC[S+]([O-])c1sc(-c2ccc(Cl)cc2)nc1CC(=O)C(=O)c1ccc(F)cc1. The molecule has 0 bridgehead atoms. The van der Waals surface area contributed by atoms with Crippen molar-refractivity contribution in [3.05, 3.63) is 70.6 Å². The molecule has 1 atom stereocenters. The molecule has 0 aliphatic rings. The van der Waals surface area contributed by atoms with Crippen molar-refractivity contribution in [2.24, 2.45) is 0 Å². The van der Waals surface area contributed by atoms with Gasteiger partial charge in [-0.3, -0.25) is 9.59 Å². The highest BCUT2D eigenvalue weighted by atomic mass is 35.5.